The molecule has 2 aromatic rings. The van der Waals surface area contributed by atoms with Gasteiger partial charge in [0.15, 0.2) is 17.3 Å². The Hall–Kier alpha value is -2.41. The van der Waals surface area contributed by atoms with Gasteiger partial charge in [-0.2, -0.15) is 0 Å². The zero-order valence-corrected chi connectivity index (χ0v) is 11.4. The maximum Gasteiger partial charge on any atom is 0.358 e. The standard InChI is InChI=1S/C13H9ClF2N2O3/c1-21-12-9(17)8(16)10(18-11(12)13(19)20)5-2-3-6(14)7(15)4-5/h2-4H,1H3,(H2,17,18)(H,19,20). The number of carboxylic acid groups (broad SMARTS) is 1. The molecule has 1 aromatic heterocycles. The molecule has 0 bridgehead atoms. The maximum atomic E-state index is 14.2. The van der Waals surface area contributed by atoms with Gasteiger partial charge in [-0.15, -0.1) is 0 Å². The van der Waals surface area contributed by atoms with Crippen molar-refractivity contribution in [1.29, 1.82) is 0 Å². The van der Waals surface area contributed by atoms with E-state index in [4.69, 9.17) is 27.2 Å². The second-order valence-corrected chi connectivity index (χ2v) is 4.41. The topological polar surface area (TPSA) is 85.4 Å². The van der Waals surface area contributed by atoms with Crippen molar-refractivity contribution in [3.05, 3.63) is 40.6 Å². The molecule has 8 heteroatoms. The van der Waals surface area contributed by atoms with Gasteiger partial charge in [0.05, 0.1) is 12.1 Å². The second kappa shape index (κ2) is 5.53. The summed E-state index contributed by atoms with van der Waals surface area (Å²) in [5, 5.41) is 8.91. The largest absolute Gasteiger partial charge is 0.492 e. The summed E-state index contributed by atoms with van der Waals surface area (Å²) in [4.78, 5) is 14.8. The Labute approximate surface area is 122 Å². The van der Waals surface area contributed by atoms with E-state index in [-0.39, 0.29) is 10.6 Å². The number of nitrogens with zero attached hydrogens (tertiary/aromatic N) is 1. The quantitative estimate of drug-likeness (QED) is 0.909. The van der Waals surface area contributed by atoms with Gasteiger partial charge in [-0.3, -0.25) is 0 Å². The minimum Gasteiger partial charge on any atom is -0.492 e. The van der Waals surface area contributed by atoms with Crippen LogP contribution in [0, 0.1) is 11.6 Å². The van der Waals surface area contributed by atoms with E-state index >= 15 is 0 Å². The number of aromatic carboxylic acids is 1. The first-order chi connectivity index (χ1) is 9.86. The van der Waals surface area contributed by atoms with Crippen LogP contribution in [0.2, 0.25) is 5.02 Å². The highest BCUT2D eigenvalue weighted by molar-refractivity contribution is 6.30. The zero-order valence-electron chi connectivity index (χ0n) is 10.7. The number of benzene rings is 1. The van der Waals surface area contributed by atoms with Crippen LogP contribution in [0.4, 0.5) is 14.5 Å². The highest BCUT2D eigenvalue weighted by Crippen LogP contribution is 2.34. The predicted octanol–water partition coefficient (Wildman–Crippen LogP) is 2.97. The van der Waals surface area contributed by atoms with Gasteiger partial charge in [-0.25, -0.2) is 18.6 Å². The summed E-state index contributed by atoms with van der Waals surface area (Å²) in [5.41, 5.74) is 4.03. The zero-order chi connectivity index (χ0) is 15.7. The van der Waals surface area contributed by atoms with E-state index in [9.17, 15) is 13.6 Å². The molecule has 3 N–H and O–H groups in total. The summed E-state index contributed by atoms with van der Waals surface area (Å²) in [6.07, 6.45) is 0. The fourth-order valence-electron chi connectivity index (χ4n) is 1.75. The minimum absolute atomic E-state index is 0.00579. The monoisotopic (exact) mass is 314 g/mol. The lowest BCUT2D eigenvalue weighted by molar-refractivity contribution is 0.0686. The van der Waals surface area contributed by atoms with E-state index < -0.39 is 40.4 Å². The van der Waals surface area contributed by atoms with E-state index in [0.29, 0.717) is 0 Å². The lowest BCUT2D eigenvalue weighted by atomic mass is 10.1. The van der Waals surface area contributed by atoms with Gasteiger partial charge in [-0.1, -0.05) is 17.7 Å². The van der Waals surface area contributed by atoms with Crippen LogP contribution >= 0.6 is 11.6 Å². The molecule has 5 nitrogen and oxygen atoms in total. The van der Waals surface area contributed by atoms with Gasteiger partial charge in [-0.05, 0) is 12.1 Å². The van der Waals surface area contributed by atoms with Crippen LogP contribution in [0.5, 0.6) is 5.75 Å². The van der Waals surface area contributed by atoms with Gasteiger partial charge in [0.25, 0.3) is 0 Å². The molecule has 0 aliphatic carbocycles. The number of aromatic nitrogens is 1. The second-order valence-electron chi connectivity index (χ2n) is 4.00. The van der Waals surface area contributed by atoms with Crippen LogP contribution in [-0.4, -0.2) is 23.2 Å². The van der Waals surface area contributed by atoms with Crippen molar-refractivity contribution in [3.63, 3.8) is 0 Å². The molecule has 0 atom stereocenters. The predicted molar refractivity (Wildman–Crippen MR) is 72.5 cm³/mol. The molecule has 0 amide bonds. The average Bonchev–Trinajstić information content (AvgIpc) is 2.44. The maximum absolute atomic E-state index is 14.2. The molecule has 0 saturated heterocycles. The molecule has 0 spiro atoms. The van der Waals surface area contributed by atoms with Gasteiger partial charge in [0, 0.05) is 5.56 Å². The molecular formula is C13H9ClF2N2O3. The Kier molecular flexibility index (Phi) is 3.95. The van der Waals surface area contributed by atoms with Crippen LogP contribution in [0.25, 0.3) is 11.3 Å². The molecule has 0 unspecified atom stereocenters. The van der Waals surface area contributed by atoms with Crippen LogP contribution < -0.4 is 10.5 Å². The van der Waals surface area contributed by atoms with Crippen molar-refractivity contribution >= 4 is 23.3 Å². The summed E-state index contributed by atoms with van der Waals surface area (Å²) < 4.78 is 32.4. The van der Waals surface area contributed by atoms with Gasteiger partial charge in [0.2, 0.25) is 0 Å². The smallest absolute Gasteiger partial charge is 0.358 e. The van der Waals surface area contributed by atoms with Crippen molar-refractivity contribution < 1.29 is 23.4 Å². The van der Waals surface area contributed by atoms with Gasteiger partial charge in [0.1, 0.15) is 17.2 Å². The number of nitrogens with two attached hydrogens (primary N) is 1. The van der Waals surface area contributed by atoms with Crippen LogP contribution in [0.3, 0.4) is 0 Å². The van der Waals surface area contributed by atoms with E-state index in [1.165, 1.54) is 12.1 Å². The molecule has 1 heterocycles. The number of halogens is 3. The number of hydrogen-bond acceptors (Lipinski definition) is 4. The molecule has 0 aliphatic rings. The van der Waals surface area contributed by atoms with Crippen LogP contribution in [0.15, 0.2) is 18.2 Å². The summed E-state index contributed by atoms with van der Waals surface area (Å²) in [6.45, 7) is 0. The summed E-state index contributed by atoms with van der Waals surface area (Å²) >= 11 is 5.54. The summed E-state index contributed by atoms with van der Waals surface area (Å²) in [5.74, 6) is -3.63. The van der Waals surface area contributed by atoms with Crippen molar-refractivity contribution in [2.75, 3.05) is 12.8 Å². The number of nitrogen functional groups attached to an aromatic ring is 1. The first-order valence-corrected chi connectivity index (χ1v) is 5.96. The van der Waals surface area contributed by atoms with E-state index in [2.05, 4.69) is 4.98 Å². The van der Waals surface area contributed by atoms with Crippen molar-refractivity contribution in [2.45, 2.75) is 0 Å². The fourth-order valence-corrected chi connectivity index (χ4v) is 1.87. The number of rotatable bonds is 3. The lowest BCUT2D eigenvalue weighted by Crippen LogP contribution is -2.10. The van der Waals surface area contributed by atoms with E-state index in [1.54, 1.807) is 0 Å². The molecule has 2 rings (SSSR count). The van der Waals surface area contributed by atoms with Gasteiger partial charge >= 0.3 is 5.97 Å². The van der Waals surface area contributed by atoms with Crippen LogP contribution in [-0.2, 0) is 0 Å². The molecule has 21 heavy (non-hydrogen) atoms. The number of carboxylic acids is 1. The van der Waals surface area contributed by atoms with E-state index in [0.717, 1.165) is 13.2 Å². The minimum atomic E-state index is -1.45. The molecule has 0 fully saturated rings. The summed E-state index contributed by atoms with van der Waals surface area (Å²) in [6, 6.07) is 3.44. The Morgan fingerprint density at radius 2 is 2.10 bits per heavy atom. The third-order valence-corrected chi connectivity index (χ3v) is 3.03. The molecule has 0 radical (unpaired) electrons. The SMILES string of the molecule is COc1c(C(=O)O)nc(-c2ccc(Cl)c(F)c2)c(F)c1N. The van der Waals surface area contributed by atoms with Crippen molar-refractivity contribution in [2.24, 2.45) is 0 Å². The number of anilines is 1. The first kappa shape index (κ1) is 15.0. The Morgan fingerprint density at radius 3 is 2.62 bits per heavy atom. The highest BCUT2D eigenvalue weighted by Gasteiger charge is 2.24. The lowest BCUT2D eigenvalue weighted by Gasteiger charge is -2.12. The first-order valence-electron chi connectivity index (χ1n) is 5.58. The molecular weight excluding hydrogens is 306 g/mol. The fraction of sp³-hybridized carbons (Fsp3) is 0.0769. The van der Waals surface area contributed by atoms with Gasteiger partial charge < -0.3 is 15.6 Å². The Balaban J connectivity index is 2.74. The van der Waals surface area contributed by atoms with E-state index in [1.807, 2.05) is 0 Å². The average molecular weight is 315 g/mol. The Bertz CT molecular complexity index is 738. The highest BCUT2D eigenvalue weighted by atomic mass is 35.5. The van der Waals surface area contributed by atoms with Crippen molar-refractivity contribution in [3.8, 4) is 17.0 Å². The third kappa shape index (κ3) is 2.59. The summed E-state index contributed by atoms with van der Waals surface area (Å²) in [7, 11) is 1.14. The number of hydrogen-bond donors (Lipinski definition) is 2. The number of carbonyl (C=O) groups is 1. The number of pyridine rings is 1. The molecule has 110 valence electrons. The van der Waals surface area contributed by atoms with Crippen molar-refractivity contribution in [1.82, 2.24) is 4.98 Å². The normalized spacial score (nSPS) is 10.5. The Morgan fingerprint density at radius 1 is 1.43 bits per heavy atom. The number of methoxy groups -OCH3 is 1. The molecule has 1 aromatic carbocycles. The molecule has 0 aliphatic heterocycles. The number of ether oxygens (including phenoxy) is 1. The third-order valence-electron chi connectivity index (χ3n) is 2.73. The molecule has 0 saturated carbocycles. The van der Waals surface area contributed by atoms with Crippen LogP contribution in [0.1, 0.15) is 10.5 Å².